The van der Waals surface area contributed by atoms with E-state index in [0.29, 0.717) is 12.4 Å². The lowest BCUT2D eigenvalue weighted by Gasteiger charge is -2.12. The molecule has 0 bridgehead atoms. The molecule has 1 aromatic heterocycles. The summed E-state index contributed by atoms with van der Waals surface area (Å²) in [6.07, 6.45) is 3.35. The Balaban J connectivity index is 1.73. The maximum Gasteiger partial charge on any atom is 0.258 e. The second kappa shape index (κ2) is 6.83. The quantitative estimate of drug-likeness (QED) is 0.795. The van der Waals surface area contributed by atoms with Crippen LogP contribution in [0.15, 0.2) is 30.6 Å². The van der Waals surface area contributed by atoms with Crippen LogP contribution in [0.5, 0.6) is 5.75 Å². The SMILES string of the molecule is COc1ccc(CNc2ncnc(Cl)c2C(=O)NC2CC2)cc1. The van der Waals surface area contributed by atoms with E-state index in [1.807, 2.05) is 24.3 Å². The summed E-state index contributed by atoms with van der Waals surface area (Å²) in [5.74, 6) is 0.984. The van der Waals surface area contributed by atoms with E-state index >= 15 is 0 Å². The molecule has 6 nitrogen and oxygen atoms in total. The molecule has 1 saturated carbocycles. The summed E-state index contributed by atoms with van der Waals surface area (Å²) < 4.78 is 5.13. The fourth-order valence-corrected chi connectivity index (χ4v) is 2.33. The lowest BCUT2D eigenvalue weighted by atomic mass is 10.2. The van der Waals surface area contributed by atoms with Crippen LogP contribution in [0.1, 0.15) is 28.8 Å². The van der Waals surface area contributed by atoms with Crippen molar-refractivity contribution in [2.75, 3.05) is 12.4 Å². The molecule has 0 aliphatic heterocycles. The number of carbonyl (C=O) groups is 1. The molecule has 0 unspecified atom stereocenters. The molecule has 7 heteroatoms. The van der Waals surface area contributed by atoms with Gasteiger partial charge >= 0.3 is 0 Å². The Labute approximate surface area is 139 Å². The normalized spacial score (nSPS) is 13.5. The second-order valence-corrected chi connectivity index (χ2v) is 5.70. The fourth-order valence-electron chi connectivity index (χ4n) is 2.11. The molecule has 1 fully saturated rings. The van der Waals surface area contributed by atoms with Gasteiger partial charge in [0.15, 0.2) is 0 Å². The van der Waals surface area contributed by atoms with Crippen LogP contribution in [0.4, 0.5) is 5.82 Å². The average molecular weight is 333 g/mol. The largest absolute Gasteiger partial charge is 0.497 e. The minimum Gasteiger partial charge on any atom is -0.497 e. The standard InChI is InChI=1S/C16H17ClN4O2/c1-23-12-6-2-10(3-7-12)8-18-15-13(14(17)19-9-20-15)16(22)21-11-4-5-11/h2-3,6-7,9,11H,4-5,8H2,1H3,(H,21,22)(H,18,19,20). The van der Waals surface area contributed by atoms with Crippen LogP contribution in [0.3, 0.4) is 0 Å². The van der Waals surface area contributed by atoms with Crippen molar-refractivity contribution < 1.29 is 9.53 Å². The van der Waals surface area contributed by atoms with Crippen molar-refractivity contribution in [3.8, 4) is 5.75 Å². The van der Waals surface area contributed by atoms with Crippen molar-refractivity contribution in [2.24, 2.45) is 0 Å². The summed E-state index contributed by atoms with van der Waals surface area (Å²) in [5, 5.41) is 6.20. The summed E-state index contributed by atoms with van der Waals surface area (Å²) in [4.78, 5) is 20.3. The lowest BCUT2D eigenvalue weighted by Crippen LogP contribution is -2.27. The van der Waals surface area contributed by atoms with Crippen LogP contribution in [-0.2, 0) is 6.54 Å². The maximum atomic E-state index is 12.3. The van der Waals surface area contributed by atoms with Gasteiger partial charge in [-0.25, -0.2) is 9.97 Å². The topological polar surface area (TPSA) is 76.1 Å². The minimum absolute atomic E-state index is 0.149. The Hall–Kier alpha value is -2.34. The molecule has 1 aliphatic carbocycles. The number of benzene rings is 1. The summed E-state index contributed by atoms with van der Waals surface area (Å²) in [6.45, 7) is 0.515. The predicted octanol–water partition coefficient (Wildman–Crippen LogP) is 2.64. The number of halogens is 1. The van der Waals surface area contributed by atoms with Crippen molar-refractivity contribution in [1.29, 1.82) is 0 Å². The number of rotatable bonds is 6. The summed E-state index contributed by atoms with van der Waals surface area (Å²) in [7, 11) is 1.63. The van der Waals surface area contributed by atoms with Crippen LogP contribution >= 0.6 is 11.6 Å². The Morgan fingerprint density at radius 2 is 2.04 bits per heavy atom. The number of carbonyl (C=O) groups excluding carboxylic acids is 1. The summed E-state index contributed by atoms with van der Waals surface area (Å²) in [6, 6.07) is 7.89. The van der Waals surface area contributed by atoms with Crippen LogP contribution in [0, 0.1) is 0 Å². The molecule has 2 N–H and O–H groups in total. The van der Waals surface area contributed by atoms with Gasteiger partial charge in [-0.2, -0.15) is 0 Å². The van der Waals surface area contributed by atoms with E-state index in [-0.39, 0.29) is 22.7 Å². The molecule has 1 aromatic carbocycles. The number of nitrogens with zero attached hydrogens (tertiary/aromatic N) is 2. The second-order valence-electron chi connectivity index (χ2n) is 5.34. The third kappa shape index (κ3) is 3.90. The Kier molecular flexibility index (Phi) is 4.62. The molecule has 1 aliphatic rings. The third-order valence-corrected chi connectivity index (χ3v) is 3.85. The molecular weight excluding hydrogens is 316 g/mol. The Morgan fingerprint density at radius 3 is 2.70 bits per heavy atom. The van der Waals surface area contributed by atoms with Crippen LogP contribution in [-0.4, -0.2) is 29.0 Å². The fraction of sp³-hybridized carbons (Fsp3) is 0.312. The van der Waals surface area contributed by atoms with Crippen LogP contribution < -0.4 is 15.4 Å². The van der Waals surface area contributed by atoms with E-state index in [1.165, 1.54) is 6.33 Å². The zero-order valence-corrected chi connectivity index (χ0v) is 13.4. The number of aromatic nitrogens is 2. The number of anilines is 1. The van der Waals surface area contributed by atoms with Crippen molar-refractivity contribution >= 4 is 23.3 Å². The number of nitrogens with one attached hydrogen (secondary N) is 2. The molecule has 23 heavy (non-hydrogen) atoms. The smallest absolute Gasteiger partial charge is 0.258 e. The van der Waals surface area contributed by atoms with Gasteiger partial charge in [0.05, 0.1) is 7.11 Å². The highest BCUT2D eigenvalue weighted by Crippen LogP contribution is 2.24. The first-order chi connectivity index (χ1) is 11.2. The van der Waals surface area contributed by atoms with Gasteiger partial charge in [0.2, 0.25) is 0 Å². The first kappa shape index (κ1) is 15.6. The molecule has 1 heterocycles. The van der Waals surface area contributed by atoms with Gasteiger partial charge in [0, 0.05) is 12.6 Å². The first-order valence-electron chi connectivity index (χ1n) is 7.35. The van der Waals surface area contributed by atoms with Crippen LogP contribution in [0.2, 0.25) is 5.15 Å². The van der Waals surface area contributed by atoms with E-state index in [4.69, 9.17) is 16.3 Å². The van der Waals surface area contributed by atoms with Gasteiger partial charge in [-0.15, -0.1) is 0 Å². The molecule has 0 radical (unpaired) electrons. The Morgan fingerprint density at radius 1 is 1.30 bits per heavy atom. The number of hydrogen-bond donors (Lipinski definition) is 2. The zero-order chi connectivity index (χ0) is 16.2. The van der Waals surface area contributed by atoms with E-state index in [2.05, 4.69) is 20.6 Å². The van der Waals surface area contributed by atoms with Crippen molar-refractivity contribution in [3.05, 3.63) is 46.9 Å². The monoisotopic (exact) mass is 332 g/mol. The van der Waals surface area contributed by atoms with Crippen molar-refractivity contribution in [3.63, 3.8) is 0 Å². The molecule has 2 aromatic rings. The summed E-state index contributed by atoms with van der Waals surface area (Å²) in [5.41, 5.74) is 1.32. The number of amides is 1. The number of hydrogen-bond acceptors (Lipinski definition) is 5. The minimum atomic E-state index is -0.240. The molecule has 1 amide bonds. The third-order valence-electron chi connectivity index (χ3n) is 3.56. The maximum absolute atomic E-state index is 12.3. The van der Waals surface area contributed by atoms with Gasteiger partial charge in [0.1, 0.15) is 28.6 Å². The van der Waals surface area contributed by atoms with E-state index < -0.39 is 0 Å². The van der Waals surface area contributed by atoms with E-state index in [1.54, 1.807) is 7.11 Å². The molecular formula is C16H17ClN4O2. The molecule has 0 atom stereocenters. The summed E-state index contributed by atoms with van der Waals surface area (Å²) >= 11 is 6.08. The molecule has 0 spiro atoms. The Bertz CT molecular complexity index is 702. The van der Waals surface area contributed by atoms with Gasteiger partial charge in [0.25, 0.3) is 5.91 Å². The molecule has 3 rings (SSSR count). The highest BCUT2D eigenvalue weighted by Gasteiger charge is 2.27. The van der Waals surface area contributed by atoms with E-state index in [9.17, 15) is 4.79 Å². The molecule has 120 valence electrons. The predicted molar refractivity (Wildman–Crippen MR) is 87.9 cm³/mol. The highest BCUT2D eigenvalue weighted by atomic mass is 35.5. The zero-order valence-electron chi connectivity index (χ0n) is 12.7. The average Bonchev–Trinajstić information content (AvgIpc) is 3.37. The first-order valence-corrected chi connectivity index (χ1v) is 7.73. The van der Waals surface area contributed by atoms with Crippen molar-refractivity contribution in [2.45, 2.75) is 25.4 Å². The molecule has 0 saturated heterocycles. The van der Waals surface area contributed by atoms with Gasteiger partial charge in [-0.1, -0.05) is 23.7 Å². The van der Waals surface area contributed by atoms with Gasteiger partial charge < -0.3 is 15.4 Å². The van der Waals surface area contributed by atoms with Crippen LogP contribution in [0.25, 0.3) is 0 Å². The van der Waals surface area contributed by atoms with E-state index in [0.717, 1.165) is 24.2 Å². The van der Waals surface area contributed by atoms with Gasteiger partial charge in [-0.3, -0.25) is 4.79 Å². The lowest BCUT2D eigenvalue weighted by molar-refractivity contribution is 0.0951. The van der Waals surface area contributed by atoms with Gasteiger partial charge in [-0.05, 0) is 30.5 Å². The number of methoxy groups -OCH3 is 1. The number of ether oxygens (including phenoxy) is 1. The van der Waals surface area contributed by atoms with Crippen molar-refractivity contribution in [1.82, 2.24) is 15.3 Å². The highest BCUT2D eigenvalue weighted by molar-refractivity contribution is 6.33.